The average Bonchev–Trinajstić information content (AvgIpc) is 2.60. The summed E-state index contributed by atoms with van der Waals surface area (Å²) in [5.41, 5.74) is 7.40. The standard InChI is InChI=1S/C19H21BrN2O3/c20-9-2-10-25-17-7-5-14(6-8-17)13-22-19(24)16-4-1-3-15(11-16)12-18(21)23/h1,3-8,11H,2,9-10,12-13H2,(H2,21,23)(H,22,24). The number of primary amides is 1. The molecular formula is C19H21BrN2O3. The number of carbonyl (C=O) groups is 2. The van der Waals surface area contributed by atoms with Gasteiger partial charge in [-0.1, -0.05) is 40.2 Å². The van der Waals surface area contributed by atoms with Gasteiger partial charge in [0.2, 0.25) is 5.91 Å². The zero-order chi connectivity index (χ0) is 18.1. The van der Waals surface area contributed by atoms with Gasteiger partial charge in [0.1, 0.15) is 5.75 Å². The third-order valence-electron chi connectivity index (χ3n) is 3.49. The van der Waals surface area contributed by atoms with Crippen LogP contribution in [0.5, 0.6) is 5.75 Å². The maximum atomic E-state index is 12.2. The Morgan fingerprint density at radius 2 is 1.84 bits per heavy atom. The largest absolute Gasteiger partial charge is 0.494 e. The van der Waals surface area contributed by atoms with Gasteiger partial charge < -0.3 is 15.8 Å². The molecule has 2 rings (SSSR count). The number of nitrogens with two attached hydrogens (primary N) is 1. The molecule has 3 N–H and O–H groups in total. The molecule has 0 radical (unpaired) electrons. The Morgan fingerprint density at radius 3 is 2.52 bits per heavy atom. The van der Waals surface area contributed by atoms with Gasteiger partial charge in [0.05, 0.1) is 13.0 Å². The van der Waals surface area contributed by atoms with Crippen molar-refractivity contribution < 1.29 is 14.3 Å². The first-order valence-corrected chi connectivity index (χ1v) is 9.14. The second-order valence-corrected chi connectivity index (χ2v) is 6.35. The topological polar surface area (TPSA) is 81.4 Å². The SMILES string of the molecule is NC(=O)Cc1cccc(C(=O)NCc2ccc(OCCCBr)cc2)c1. The number of rotatable bonds is 9. The van der Waals surface area contributed by atoms with E-state index in [1.54, 1.807) is 24.3 Å². The van der Waals surface area contributed by atoms with Gasteiger partial charge in [-0.3, -0.25) is 9.59 Å². The molecule has 0 heterocycles. The molecule has 0 atom stereocenters. The van der Waals surface area contributed by atoms with Gasteiger partial charge in [0.15, 0.2) is 0 Å². The number of hydrogen-bond acceptors (Lipinski definition) is 3. The molecule has 132 valence electrons. The predicted octanol–water partition coefficient (Wildman–Crippen LogP) is 2.81. The van der Waals surface area contributed by atoms with Crippen molar-refractivity contribution in [3.63, 3.8) is 0 Å². The van der Waals surface area contributed by atoms with Crippen molar-refractivity contribution >= 4 is 27.7 Å². The molecule has 0 saturated carbocycles. The molecule has 0 aliphatic rings. The van der Waals surface area contributed by atoms with Crippen molar-refractivity contribution in [1.82, 2.24) is 5.32 Å². The molecule has 0 saturated heterocycles. The van der Waals surface area contributed by atoms with Crippen LogP contribution in [0.1, 0.15) is 27.9 Å². The third kappa shape index (κ3) is 6.58. The number of hydrogen-bond donors (Lipinski definition) is 2. The summed E-state index contributed by atoms with van der Waals surface area (Å²) in [5, 5.41) is 3.78. The highest BCUT2D eigenvalue weighted by molar-refractivity contribution is 9.09. The van der Waals surface area contributed by atoms with Gasteiger partial charge in [-0.25, -0.2) is 0 Å². The smallest absolute Gasteiger partial charge is 0.251 e. The van der Waals surface area contributed by atoms with Crippen molar-refractivity contribution in [1.29, 1.82) is 0 Å². The fourth-order valence-corrected chi connectivity index (χ4v) is 2.49. The molecule has 0 spiro atoms. The fourth-order valence-electron chi connectivity index (χ4n) is 2.26. The molecule has 0 fully saturated rings. The van der Waals surface area contributed by atoms with Gasteiger partial charge in [-0.2, -0.15) is 0 Å². The van der Waals surface area contributed by atoms with Crippen molar-refractivity contribution in [2.75, 3.05) is 11.9 Å². The lowest BCUT2D eigenvalue weighted by molar-refractivity contribution is -0.117. The number of nitrogens with one attached hydrogen (secondary N) is 1. The Hall–Kier alpha value is -2.34. The molecule has 2 amide bonds. The second-order valence-electron chi connectivity index (χ2n) is 5.56. The van der Waals surface area contributed by atoms with Gasteiger partial charge in [0, 0.05) is 17.4 Å². The highest BCUT2D eigenvalue weighted by Crippen LogP contribution is 2.13. The van der Waals surface area contributed by atoms with Crippen LogP contribution in [0.3, 0.4) is 0 Å². The van der Waals surface area contributed by atoms with Crippen LogP contribution in [0.15, 0.2) is 48.5 Å². The third-order valence-corrected chi connectivity index (χ3v) is 4.05. The average molecular weight is 405 g/mol. The van der Waals surface area contributed by atoms with Crippen LogP contribution in [0, 0.1) is 0 Å². The number of amides is 2. The van der Waals surface area contributed by atoms with E-state index in [-0.39, 0.29) is 12.3 Å². The molecule has 0 bridgehead atoms. The first-order valence-electron chi connectivity index (χ1n) is 8.01. The van der Waals surface area contributed by atoms with Crippen LogP contribution in [0.2, 0.25) is 0 Å². The molecule has 6 heteroatoms. The summed E-state index contributed by atoms with van der Waals surface area (Å²) in [4.78, 5) is 23.2. The second kappa shape index (κ2) is 9.84. The summed E-state index contributed by atoms with van der Waals surface area (Å²) < 4.78 is 5.59. The Labute approximate surface area is 155 Å². The summed E-state index contributed by atoms with van der Waals surface area (Å²) in [7, 11) is 0. The minimum atomic E-state index is -0.420. The molecule has 5 nitrogen and oxygen atoms in total. The van der Waals surface area contributed by atoms with Crippen LogP contribution < -0.4 is 15.8 Å². The van der Waals surface area contributed by atoms with Crippen molar-refractivity contribution in [2.24, 2.45) is 5.73 Å². The van der Waals surface area contributed by atoms with E-state index in [1.807, 2.05) is 24.3 Å². The van der Waals surface area contributed by atoms with Crippen molar-refractivity contribution in [2.45, 2.75) is 19.4 Å². The Morgan fingerprint density at radius 1 is 1.08 bits per heavy atom. The first kappa shape index (κ1) is 19.0. The maximum Gasteiger partial charge on any atom is 0.251 e. The molecule has 0 unspecified atom stereocenters. The summed E-state index contributed by atoms with van der Waals surface area (Å²) >= 11 is 3.36. The molecule has 2 aromatic carbocycles. The summed E-state index contributed by atoms with van der Waals surface area (Å²) in [6.45, 7) is 1.09. The van der Waals surface area contributed by atoms with Crippen LogP contribution >= 0.6 is 15.9 Å². The van der Waals surface area contributed by atoms with E-state index in [1.165, 1.54) is 0 Å². The normalized spacial score (nSPS) is 10.3. The van der Waals surface area contributed by atoms with Gasteiger partial charge in [-0.05, 0) is 41.8 Å². The van der Waals surface area contributed by atoms with Crippen molar-refractivity contribution in [3.8, 4) is 5.75 Å². The van der Waals surface area contributed by atoms with Crippen LogP contribution in [-0.4, -0.2) is 23.8 Å². The molecule has 0 aliphatic heterocycles. The minimum absolute atomic E-state index is 0.123. The minimum Gasteiger partial charge on any atom is -0.494 e. The highest BCUT2D eigenvalue weighted by atomic mass is 79.9. The van der Waals surface area contributed by atoms with E-state index in [9.17, 15) is 9.59 Å². The van der Waals surface area contributed by atoms with E-state index in [0.717, 1.165) is 28.6 Å². The summed E-state index contributed by atoms with van der Waals surface area (Å²) in [5.74, 6) is 0.204. The monoisotopic (exact) mass is 404 g/mol. The number of ether oxygens (including phenoxy) is 1. The highest BCUT2D eigenvalue weighted by Gasteiger charge is 2.07. The summed E-state index contributed by atoms with van der Waals surface area (Å²) in [6.07, 6.45) is 1.07. The lowest BCUT2D eigenvalue weighted by Crippen LogP contribution is -2.23. The summed E-state index contributed by atoms with van der Waals surface area (Å²) in [6, 6.07) is 14.5. The molecule has 25 heavy (non-hydrogen) atoms. The van der Waals surface area contributed by atoms with Crippen LogP contribution in [0.25, 0.3) is 0 Å². The molecule has 0 aromatic heterocycles. The molecule has 0 aliphatic carbocycles. The lowest BCUT2D eigenvalue weighted by atomic mass is 10.1. The van der Waals surface area contributed by atoms with Gasteiger partial charge >= 0.3 is 0 Å². The van der Waals surface area contributed by atoms with E-state index in [0.29, 0.717) is 18.7 Å². The van der Waals surface area contributed by atoms with Crippen LogP contribution in [-0.2, 0) is 17.8 Å². The van der Waals surface area contributed by atoms with Gasteiger partial charge in [-0.15, -0.1) is 0 Å². The van der Waals surface area contributed by atoms with E-state index >= 15 is 0 Å². The lowest BCUT2D eigenvalue weighted by Gasteiger charge is -2.08. The zero-order valence-corrected chi connectivity index (χ0v) is 15.4. The maximum absolute atomic E-state index is 12.2. The van der Waals surface area contributed by atoms with Crippen LogP contribution in [0.4, 0.5) is 0 Å². The number of alkyl halides is 1. The predicted molar refractivity (Wildman–Crippen MR) is 101 cm³/mol. The quantitative estimate of drug-likeness (QED) is 0.497. The van der Waals surface area contributed by atoms with Gasteiger partial charge in [0.25, 0.3) is 5.91 Å². The molecular weight excluding hydrogens is 384 g/mol. The Balaban J connectivity index is 1.88. The number of halogens is 1. The number of carbonyl (C=O) groups excluding carboxylic acids is 2. The van der Waals surface area contributed by atoms with E-state index < -0.39 is 5.91 Å². The number of benzene rings is 2. The first-order chi connectivity index (χ1) is 12.1. The van der Waals surface area contributed by atoms with E-state index in [4.69, 9.17) is 10.5 Å². The zero-order valence-electron chi connectivity index (χ0n) is 13.8. The van der Waals surface area contributed by atoms with Crippen molar-refractivity contribution in [3.05, 3.63) is 65.2 Å². The Bertz CT molecular complexity index is 717. The van der Waals surface area contributed by atoms with E-state index in [2.05, 4.69) is 21.2 Å². The Kier molecular flexibility index (Phi) is 7.47. The molecule has 2 aromatic rings. The fraction of sp³-hybridized carbons (Fsp3) is 0.263.